The quantitative estimate of drug-likeness (QED) is 0.107. The summed E-state index contributed by atoms with van der Waals surface area (Å²) >= 11 is 0. The summed E-state index contributed by atoms with van der Waals surface area (Å²) in [5.74, 6) is 0. The van der Waals surface area contributed by atoms with Crippen LogP contribution in [0.25, 0.3) is 87.7 Å². The van der Waals surface area contributed by atoms with Crippen molar-refractivity contribution in [2.24, 2.45) is 0 Å². The predicted octanol–water partition coefficient (Wildman–Crippen LogP) is 19.8. The molecule has 4 nitrogen and oxygen atoms in total. The van der Waals surface area contributed by atoms with E-state index < -0.39 is 16.1 Å². The van der Waals surface area contributed by atoms with E-state index in [9.17, 15) is 0 Å². The normalized spacial score (nSPS) is 13.3. The largest absolute Gasteiger partial charge is 0.454 e. The van der Waals surface area contributed by atoms with Crippen LogP contribution >= 0.6 is 0 Å². The molecule has 0 fully saturated rings. The molecule has 1 aliphatic carbocycles. The molecule has 11 aromatic carbocycles. The van der Waals surface area contributed by atoms with Crippen LogP contribution in [0.4, 0.5) is 34.1 Å². The average Bonchev–Trinajstić information content (AvgIpc) is 4.22. The second kappa shape index (κ2) is 17.3. The fourth-order valence-corrected chi connectivity index (χ4v) is 14.9. The van der Waals surface area contributed by atoms with Crippen LogP contribution in [0.15, 0.2) is 227 Å². The molecule has 0 aliphatic heterocycles. The van der Waals surface area contributed by atoms with E-state index in [0.717, 1.165) is 78.0 Å². The molecule has 1 aliphatic rings. The molecule has 374 valence electrons. The zero-order valence-electron chi connectivity index (χ0n) is 45.0. The van der Waals surface area contributed by atoms with Gasteiger partial charge in [0, 0.05) is 49.7 Å². The van der Waals surface area contributed by atoms with Gasteiger partial charge in [0.05, 0.1) is 27.5 Å². The van der Waals surface area contributed by atoms with E-state index in [0.29, 0.717) is 0 Å². The zero-order chi connectivity index (χ0) is 52.5. The lowest BCUT2D eigenvalue weighted by Crippen LogP contribution is -2.37. The van der Waals surface area contributed by atoms with Crippen molar-refractivity contribution in [2.75, 3.05) is 9.80 Å². The maximum atomic E-state index is 6.81. The van der Waals surface area contributed by atoms with Gasteiger partial charge >= 0.3 is 0 Å². The number of nitrogens with zero attached hydrogens (tertiary/aromatic N) is 2. The van der Waals surface area contributed by atoms with Gasteiger partial charge in [-0.05, 0) is 128 Å². The Bertz CT molecular complexity index is 4500. The van der Waals surface area contributed by atoms with Crippen LogP contribution in [0.3, 0.4) is 0 Å². The smallest absolute Gasteiger partial charge is 0.159 e. The topological polar surface area (TPSA) is 32.8 Å². The first-order valence-corrected chi connectivity index (χ1v) is 34.1. The van der Waals surface area contributed by atoms with Gasteiger partial charge in [-0.1, -0.05) is 209 Å². The van der Waals surface area contributed by atoms with Crippen LogP contribution in [0.2, 0.25) is 39.3 Å². The minimum absolute atomic E-state index is 0.378. The van der Waals surface area contributed by atoms with E-state index >= 15 is 0 Å². The summed E-state index contributed by atoms with van der Waals surface area (Å²) in [4.78, 5) is 4.83. The molecule has 14 rings (SSSR count). The molecule has 6 heteroatoms. The molecule has 2 heterocycles. The van der Waals surface area contributed by atoms with Gasteiger partial charge in [-0.3, -0.25) is 0 Å². The van der Waals surface area contributed by atoms with Gasteiger partial charge in [-0.25, -0.2) is 0 Å². The molecule has 13 aromatic rings. The number of hydrogen-bond acceptors (Lipinski definition) is 4. The number of para-hydroxylation sites is 4. The van der Waals surface area contributed by atoms with Crippen LogP contribution in [0, 0.1) is 0 Å². The summed E-state index contributed by atoms with van der Waals surface area (Å²) in [5.41, 5.74) is 17.1. The van der Waals surface area contributed by atoms with Crippen molar-refractivity contribution in [3.63, 3.8) is 0 Å². The van der Waals surface area contributed by atoms with Gasteiger partial charge in [0.15, 0.2) is 11.2 Å². The summed E-state index contributed by atoms with van der Waals surface area (Å²) in [6, 6.07) is 81.0. The zero-order valence-corrected chi connectivity index (χ0v) is 47.0. The Kier molecular flexibility index (Phi) is 10.6. The molecule has 77 heavy (non-hydrogen) atoms. The average molecular weight is 1030 g/mol. The molecule has 0 saturated carbocycles. The molecule has 0 saturated heterocycles. The molecule has 0 atom stereocenters. The van der Waals surface area contributed by atoms with Gasteiger partial charge in [0.25, 0.3) is 0 Å². The number of anilines is 6. The highest BCUT2D eigenvalue weighted by molar-refractivity contribution is 6.89. The molecule has 0 bridgehead atoms. The summed E-state index contributed by atoms with van der Waals surface area (Å²) in [6.45, 7) is 19.3. The summed E-state index contributed by atoms with van der Waals surface area (Å²) < 4.78 is 13.6. The Balaban J connectivity index is 1.01. The third-order valence-electron chi connectivity index (χ3n) is 16.6. The van der Waals surface area contributed by atoms with Crippen molar-refractivity contribution in [2.45, 2.75) is 58.5 Å². The van der Waals surface area contributed by atoms with Gasteiger partial charge in [0.1, 0.15) is 11.2 Å². The van der Waals surface area contributed by atoms with E-state index in [2.05, 4.69) is 281 Å². The maximum Gasteiger partial charge on any atom is 0.159 e. The number of benzene rings is 11. The highest BCUT2D eigenvalue weighted by Crippen LogP contribution is 2.56. The number of furan rings is 2. The first-order valence-electron chi connectivity index (χ1n) is 27.1. The monoisotopic (exact) mass is 1030 g/mol. The predicted molar refractivity (Wildman–Crippen MR) is 334 cm³/mol. The lowest BCUT2D eigenvalue weighted by atomic mass is 9.66. The summed E-state index contributed by atoms with van der Waals surface area (Å²) in [7, 11) is -3.14. The second-order valence-corrected chi connectivity index (χ2v) is 33.9. The minimum Gasteiger partial charge on any atom is -0.454 e. The van der Waals surface area contributed by atoms with Crippen molar-refractivity contribution in [1.82, 2.24) is 0 Å². The minimum atomic E-state index is -1.57. The molecular formula is C71H60N2O2Si2. The van der Waals surface area contributed by atoms with Crippen LogP contribution in [0.1, 0.15) is 25.0 Å². The molecule has 0 unspecified atom stereocenters. The second-order valence-electron chi connectivity index (χ2n) is 23.7. The van der Waals surface area contributed by atoms with E-state index in [-0.39, 0.29) is 5.41 Å². The first kappa shape index (κ1) is 47.1. The van der Waals surface area contributed by atoms with Crippen molar-refractivity contribution >= 4 is 126 Å². The Labute approximate surface area is 452 Å². The fourth-order valence-electron chi connectivity index (χ4n) is 12.6. The van der Waals surface area contributed by atoms with Gasteiger partial charge in [-0.15, -0.1) is 0 Å². The van der Waals surface area contributed by atoms with E-state index in [1.165, 1.54) is 65.3 Å². The van der Waals surface area contributed by atoms with E-state index in [1.807, 2.05) is 0 Å². The van der Waals surface area contributed by atoms with Crippen molar-refractivity contribution in [3.8, 4) is 22.3 Å². The molecule has 2 aromatic heterocycles. The van der Waals surface area contributed by atoms with Gasteiger partial charge in [-0.2, -0.15) is 0 Å². The Hall–Kier alpha value is -8.43. The molecule has 0 amide bonds. The maximum absolute atomic E-state index is 6.81. The summed E-state index contributed by atoms with van der Waals surface area (Å²) in [6.07, 6.45) is 0. The van der Waals surface area contributed by atoms with Crippen molar-refractivity contribution in [1.29, 1.82) is 0 Å². The first-order chi connectivity index (χ1) is 37.2. The Morgan fingerprint density at radius 1 is 0.351 bits per heavy atom. The van der Waals surface area contributed by atoms with Crippen LogP contribution in [0.5, 0.6) is 0 Å². The Morgan fingerprint density at radius 3 is 1.38 bits per heavy atom. The van der Waals surface area contributed by atoms with E-state index in [1.54, 1.807) is 0 Å². The molecule has 0 N–H and O–H groups in total. The molecular weight excluding hydrogens is 969 g/mol. The number of rotatable bonds is 9. The summed E-state index contributed by atoms with van der Waals surface area (Å²) in [5, 5.41) is 12.3. The standard InChI is InChI=1S/C71H60N2O2Si2/c1-71(2)60-26-16-23-54-59-43-48(72(46-31-37-50(38-32-46)76(3,4)5)62-27-17-24-56-52-21-12-14-29-64(52)74-69(56)62)35-41-55(59)66(45-19-10-9-11-20-45)68(67(54)60)58-42-36-49(44-61(58)71)73(47-33-39-51(40-34-47)77(6,7)8)63-28-18-25-57-53-22-13-15-30-65(53)75-70(57)63/h9-44H,1-8H3. The SMILES string of the molecule is CC1(C)c2cc(N(c3ccc([Si](C)(C)C)cc3)c3cccc4c3oc3ccccc34)ccc2-c2c(-c3ccccc3)c3ccc(N(c4ccc([Si](C)(C)C)cc4)c4cccc5c4oc4ccccc45)cc3c3cccc1c23. The lowest BCUT2D eigenvalue weighted by molar-refractivity contribution is 0.645. The van der Waals surface area contributed by atoms with Crippen LogP contribution in [-0.2, 0) is 5.41 Å². The van der Waals surface area contributed by atoms with Gasteiger partial charge in [0.2, 0.25) is 0 Å². The van der Waals surface area contributed by atoms with Crippen molar-refractivity contribution in [3.05, 3.63) is 230 Å². The fraction of sp³-hybridized carbons (Fsp3) is 0.127. The number of fused-ring (bicyclic) bond motifs is 10. The van der Waals surface area contributed by atoms with Gasteiger partial charge < -0.3 is 18.6 Å². The van der Waals surface area contributed by atoms with Crippen molar-refractivity contribution < 1.29 is 8.83 Å². The highest BCUT2D eigenvalue weighted by atomic mass is 28.3. The van der Waals surface area contributed by atoms with Crippen LogP contribution in [-0.4, -0.2) is 16.1 Å². The Morgan fingerprint density at radius 2 is 0.818 bits per heavy atom. The third-order valence-corrected chi connectivity index (χ3v) is 20.7. The third kappa shape index (κ3) is 7.44. The lowest BCUT2D eigenvalue weighted by Gasteiger charge is -2.38. The molecule has 0 spiro atoms. The molecule has 0 radical (unpaired) electrons. The van der Waals surface area contributed by atoms with E-state index in [4.69, 9.17) is 8.83 Å². The highest BCUT2D eigenvalue weighted by Gasteiger charge is 2.37. The van der Waals surface area contributed by atoms with Crippen LogP contribution < -0.4 is 20.2 Å². The number of hydrogen-bond donors (Lipinski definition) is 0.